The van der Waals surface area contributed by atoms with Gasteiger partial charge in [0, 0.05) is 31.5 Å². The molecule has 1 aromatic rings. The van der Waals surface area contributed by atoms with E-state index in [1.807, 2.05) is 36.9 Å². The molecule has 0 bridgehead atoms. The Kier molecular flexibility index (Phi) is 7.95. The number of ether oxygens (including phenoxy) is 2. The third-order valence-electron chi connectivity index (χ3n) is 5.44. The Morgan fingerprint density at radius 3 is 2.15 bits per heavy atom. The van der Waals surface area contributed by atoms with Crippen LogP contribution in [-0.4, -0.2) is 44.0 Å². The van der Waals surface area contributed by atoms with Gasteiger partial charge >= 0.3 is 0 Å². The first-order valence-electron chi connectivity index (χ1n) is 9.81. The van der Waals surface area contributed by atoms with E-state index in [4.69, 9.17) is 9.47 Å². The maximum absolute atomic E-state index is 12.5. The highest BCUT2D eigenvalue weighted by Gasteiger charge is 2.31. The van der Waals surface area contributed by atoms with E-state index in [9.17, 15) is 9.59 Å². The van der Waals surface area contributed by atoms with Crippen LogP contribution in [-0.2, 0) is 16.1 Å². The first-order chi connectivity index (χ1) is 13.0. The van der Waals surface area contributed by atoms with Crippen molar-refractivity contribution in [1.82, 2.24) is 10.2 Å². The first-order valence-corrected chi connectivity index (χ1v) is 9.81. The Labute approximate surface area is 162 Å². The van der Waals surface area contributed by atoms with Gasteiger partial charge in [0.2, 0.25) is 11.8 Å². The van der Waals surface area contributed by atoms with Gasteiger partial charge in [-0.2, -0.15) is 0 Å². The highest BCUT2D eigenvalue weighted by molar-refractivity contribution is 5.81. The highest BCUT2D eigenvalue weighted by atomic mass is 16.5. The number of carbonyl (C=O) groups excluding carboxylic acids is 2. The average molecular weight is 376 g/mol. The Balaban J connectivity index is 1.83. The smallest absolute Gasteiger partial charge is 0.225 e. The lowest BCUT2D eigenvalue weighted by molar-refractivity contribution is -0.138. The number of nitrogens with one attached hydrogen (secondary N) is 1. The summed E-state index contributed by atoms with van der Waals surface area (Å²) >= 11 is 0. The van der Waals surface area contributed by atoms with Gasteiger partial charge in [0.1, 0.15) is 0 Å². The molecule has 150 valence electrons. The van der Waals surface area contributed by atoms with E-state index in [1.165, 1.54) is 0 Å². The second kappa shape index (κ2) is 10.2. The highest BCUT2D eigenvalue weighted by Crippen LogP contribution is 2.31. The summed E-state index contributed by atoms with van der Waals surface area (Å²) in [6.07, 6.45) is 3.14. The molecule has 2 amide bonds. The number of amides is 2. The topological polar surface area (TPSA) is 67.9 Å². The zero-order chi connectivity index (χ0) is 19.8. The largest absolute Gasteiger partial charge is 0.493 e. The normalized spacial score (nSPS) is 19.3. The number of rotatable bonds is 8. The lowest BCUT2D eigenvalue weighted by atomic mass is 9.81. The van der Waals surface area contributed by atoms with Crippen LogP contribution in [0.2, 0.25) is 0 Å². The van der Waals surface area contributed by atoms with Crippen LogP contribution < -0.4 is 14.8 Å². The van der Waals surface area contributed by atoms with Gasteiger partial charge in [0.05, 0.1) is 14.2 Å². The van der Waals surface area contributed by atoms with Crippen LogP contribution in [0.3, 0.4) is 0 Å². The summed E-state index contributed by atoms with van der Waals surface area (Å²) in [5.41, 5.74) is 0.964. The van der Waals surface area contributed by atoms with Crippen LogP contribution in [0.5, 0.6) is 11.5 Å². The SMILES string of the molecule is CCN(CC)C(=O)C1CCC(C(=O)NCc2ccc(OC)c(OC)c2)CC1. The van der Waals surface area contributed by atoms with Gasteiger partial charge in [0.25, 0.3) is 0 Å². The molecule has 6 nitrogen and oxygen atoms in total. The molecule has 1 saturated carbocycles. The van der Waals surface area contributed by atoms with Crippen LogP contribution in [0.4, 0.5) is 0 Å². The van der Waals surface area contributed by atoms with E-state index in [0.717, 1.165) is 44.3 Å². The van der Waals surface area contributed by atoms with Gasteiger partial charge in [0.15, 0.2) is 11.5 Å². The van der Waals surface area contributed by atoms with Gasteiger partial charge < -0.3 is 19.7 Å². The third-order valence-corrected chi connectivity index (χ3v) is 5.44. The number of carbonyl (C=O) groups is 2. The third kappa shape index (κ3) is 5.37. The average Bonchev–Trinajstić information content (AvgIpc) is 2.72. The summed E-state index contributed by atoms with van der Waals surface area (Å²) in [4.78, 5) is 26.9. The predicted molar refractivity (Wildman–Crippen MR) is 105 cm³/mol. The molecule has 0 aromatic heterocycles. The molecule has 1 fully saturated rings. The standard InChI is InChI=1S/C21H32N2O4/c1-5-23(6-2)21(25)17-10-8-16(9-11-17)20(24)22-14-15-7-12-18(26-3)19(13-15)27-4/h7,12-13,16-17H,5-6,8-11,14H2,1-4H3,(H,22,24). The number of hydrogen-bond acceptors (Lipinski definition) is 4. The minimum absolute atomic E-state index is 0.00843. The molecule has 6 heteroatoms. The lowest BCUT2D eigenvalue weighted by Crippen LogP contribution is -2.39. The molecule has 1 aromatic carbocycles. The molecule has 1 aliphatic rings. The maximum atomic E-state index is 12.5. The molecular weight excluding hydrogens is 344 g/mol. The van der Waals surface area contributed by atoms with Crippen molar-refractivity contribution >= 4 is 11.8 Å². The van der Waals surface area contributed by atoms with E-state index in [0.29, 0.717) is 18.0 Å². The van der Waals surface area contributed by atoms with Gasteiger partial charge in [-0.05, 0) is 57.2 Å². The lowest BCUT2D eigenvalue weighted by Gasteiger charge is -2.30. The maximum Gasteiger partial charge on any atom is 0.225 e. The van der Waals surface area contributed by atoms with Crippen LogP contribution in [0, 0.1) is 11.8 Å². The minimum Gasteiger partial charge on any atom is -0.493 e. The van der Waals surface area contributed by atoms with Gasteiger partial charge in [-0.25, -0.2) is 0 Å². The molecule has 0 unspecified atom stereocenters. The summed E-state index contributed by atoms with van der Waals surface area (Å²) in [5, 5.41) is 3.02. The van der Waals surface area contributed by atoms with Crippen LogP contribution in [0.1, 0.15) is 45.1 Å². The molecule has 0 aliphatic heterocycles. The summed E-state index contributed by atoms with van der Waals surface area (Å²) in [7, 11) is 3.19. The predicted octanol–water partition coefficient (Wildman–Crippen LogP) is 2.99. The van der Waals surface area contributed by atoms with Crippen molar-refractivity contribution < 1.29 is 19.1 Å². The molecule has 1 N–H and O–H groups in total. The first kappa shape index (κ1) is 21.1. The van der Waals surface area contributed by atoms with Gasteiger partial charge in [-0.3, -0.25) is 9.59 Å². The van der Waals surface area contributed by atoms with Crippen molar-refractivity contribution in [3.63, 3.8) is 0 Å². The molecule has 0 heterocycles. The summed E-state index contributed by atoms with van der Waals surface area (Å²) in [6.45, 7) is 5.98. The number of nitrogens with zero attached hydrogens (tertiary/aromatic N) is 1. The van der Waals surface area contributed by atoms with Crippen LogP contribution >= 0.6 is 0 Å². The van der Waals surface area contributed by atoms with Crippen molar-refractivity contribution in [1.29, 1.82) is 0 Å². The molecule has 0 spiro atoms. The van der Waals surface area contributed by atoms with E-state index >= 15 is 0 Å². The zero-order valence-electron chi connectivity index (χ0n) is 16.9. The molecular formula is C21H32N2O4. The van der Waals surface area contributed by atoms with Crippen molar-refractivity contribution in [3.8, 4) is 11.5 Å². The van der Waals surface area contributed by atoms with Crippen molar-refractivity contribution in [2.75, 3.05) is 27.3 Å². The molecule has 0 saturated heterocycles. The molecule has 0 atom stereocenters. The summed E-state index contributed by atoms with van der Waals surface area (Å²) < 4.78 is 10.5. The Morgan fingerprint density at radius 1 is 1.00 bits per heavy atom. The molecule has 27 heavy (non-hydrogen) atoms. The van der Waals surface area contributed by atoms with Crippen molar-refractivity contribution in [2.45, 2.75) is 46.1 Å². The van der Waals surface area contributed by atoms with E-state index < -0.39 is 0 Å². The molecule has 1 aliphatic carbocycles. The van der Waals surface area contributed by atoms with Crippen molar-refractivity contribution in [3.05, 3.63) is 23.8 Å². The fourth-order valence-corrected chi connectivity index (χ4v) is 3.72. The monoisotopic (exact) mass is 376 g/mol. The van der Waals surface area contributed by atoms with Crippen molar-refractivity contribution in [2.24, 2.45) is 11.8 Å². The van der Waals surface area contributed by atoms with Crippen LogP contribution in [0.15, 0.2) is 18.2 Å². The quantitative estimate of drug-likeness (QED) is 0.757. The summed E-state index contributed by atoms with van der Waals surface area (Å²) in [5.74, 6) is 1.69. The molecule has 2 rings (SSSR count). The Hall–Kier alpha value is -2.24. The second-order valence-corrected chi connectivity index (χ2v) is 6.97. The Morgan fingerprint density at radius 2 is 1.59 bits per heavy atom. The zero-order valence-corrected chi connectivity index (χ0v) is 16.9. The Bertz CT molecular complexity index is 635. The van der Waals surface area contributed by atoms with Gasteiger partial charge in [-0.15, -0.1) is 0 Å². The van der Waals surface area contributed by atoms with Crippen LogP contribution in [0.25, 0.3) is 0 Å². The van der Waals surface area contributed by atoms with E-state index in [-0.39, 0.29) is 23.7 Å². The fourth-order valence-electron chi connectivity index (χ4n) is 3.72. The molecule has 0 radical (unpaired) electrons. The van der Waals surface area contributed by atoms with E-state index in [1.54, 1.807) is 14.2 Å². The number of methoxy groups -OCH3 is 2. The number of benzene rings is 1. The minimum atomic E-state index is -0.00843. The number of hydrogen-bond donors (Lipinski definition) is 1. The summed E-state index contributed by atoms with van der Waals surface area (Å²) in [6, 6.07) is 5.63. The fraction of sp³-hybridized carbons (Fsp3) is 0.619. The second-order valence-electron chi connectivity index (χ2n) is 6.97. The van der Waals surface area contributed by atoms with Gasteiger partial charge in [-0.1, -0.05) is 6.07 Å². The van der Waals surface area contributed by atoms with E-state index in [2.05, 4.69) is 5.32 Å².